The summed E-state index contributed by atoms with van der Waals surface area (Å²) in [7, 11) is 0. The van der Waals surface area contributed by atoms with E-state index >= 15 is 0 Å². The Hall–Kier alpha value is -2.34. The fraction of sp³-hybridized carbons (Fsp3) is 0.304. The van der Waals surface area contributed by atoms with Crippen molar-refractivity contribution in [2.24, 2.45) is 0 Å². The SMILES string of the molecule is Cc1onc(-c2c(Cl)cccc2Cl)c1C(=O)NC1CCN(Cc2ccccc2)CC1. The average molecular weight is 444 g/mol. The van der Waals surface area contributed by atoms with Crippen LogP contribution < -0.4 is 5.32 Å². The lowest BCUT2D eigenvalue weighted by Gasteiger charge is -2.32. The maximum atomic E-state index is 13.1. The summed E-state index contributed by atoms with van der Waals surface area (Å²) in [6.07, 6.45) is 1.79. The van der Waals surface area contributed by atoms with E-state index in [1.165, 1.54) is 5.56 Å². The molecule has 1 N–H and O–H groups in total. The molecule has 1 amide bonds. The number of nitrogens with zero attached hydrogens (tertiary/aromatic N) is 2. The lowest BCUT2D eigenvalue weighted by atomic mass is 10.0. The van der Waals surface area contributed by atoms with E-state index in [1.54, 1.807) is 25.1 Å². The predicted molar refractivity (Wildman–Crippen MR) is 119 cm³/mol. The summed E-state index contributed by atoms with van der Waals surface area (Å²) < 4.78 is 5.32. The zero-order chi connectivity index (χ0) is 21.1. The quantitative estimate of drug-likeness (QED) is 0.576. The molecule has 0 aliphatic carbocycles. The highest BCUT2D eigenvalue weighted by Gasteiger charge is 2.27. The molecular formula is C23H23Cl2N3O2. The standard InChI is InChI=1S/C23H23Cl2N3O2/c1-15-20(22(27-30-15)21-18(24)8-5-9-19(21)25)23(29)26-17-10-12-28(13-11-17)14-16-6-3-2-4-7-16/h2-9,17H,10-14H2,1H3,(H,26,29). The van der Waals surface area contributed by atoms with Crippen LogP contribution in [0.4, 0.5) is 0 Å². The Morgan fingerprint density at radius 3 is 2.43 bits per heavy atom. The first-order valence-electron chi connectivity index (χ1n) is 10.0. The molecule has 0 spiro atoms. The molecule has 1 aliphatic heterocycles. The fourth-order valence-corrected chi connectivity index (χ4v) is 4.45. The topological polar surface area (TPSA) is 58.4 Å². The van der Waals surface area contributed by atoms with Gasteiger partial charge in [-0.05, 0) is 37.5 Å². The molecule has 4 rings (SSSR count). The van der Waals surface area contributed by atoms with Crippen molar-refractivity contribution in [2.45, 2.75) is 32.4 Å². The van der Waals surface area contributed by atoms with E-state index in [4.69, 9.17) is 27.7 Å². The average Bonchev–Trinajstić information content (AvgIpc) is 3.11. The lowest BCUT2D eigenvalue weighted by molar-refractivity contribution is 0.0908. The highest BCUT2D eigenvalue weighted by molar-refractivity contribution is 6.39. The van der Waals surface area contributed by atoms with E-state index in [0.29, 0.717) is 32.6 Å². The summed E-state index contributed by atoms with van der Waals surface area (Å²) in [6.45, 7) is 4.53. The zero-order valence-corrected chi connectivity index (χ0v) is 18.2. The number of hydrogen-bond acceptors (Lipinski definition) is 4. The van der Waals surface area contributed by atoms with Crippen molar-refractivity contribution in [1.82, 2.24) is 15.4 Å². The molecular weight excluding hydrogens is 421 g/mol. The van der Waals surface area contributed by atoms with Gasteiger partial charge in [0, 0.05) is 31.2 Å². The van der Waals surface area contributed by atoms with Crippen molar-refractivity contribution in [3.8, 4) is 11.3 Å². The molecule has 1 saturated heterocycles. The van der Waals surface area contributed by atoms with Gasteiger partial charge in [-0.15, -0.1) is 0 Å². The number of piperidine rings is 1. The van der Waals surface area contributed by atoms with Crippen LogP contribution in [0.5, 0.6) is 0 Å². The van der Waals surface area contributed by atoms with Crippen LogP contribution in [0, 0.1) is 6.92 Å². The third-order valence-electron chi connectivity index (χ3n) is 5.46. The minimum atomic E-state index is -0.207. The summed E-state index contributed by atoms with van der Waals surface area (Å²) in [4.78, 5) is 15.5. The van der Waals surface area contributed by atoms with Gasteiger partial charge in [0.15, 0.2) is 0 Å². The Balaban J connectivity index is 1.43. The van der Waals surface area contributed by atoms with Crippen molar-refractivity contribution in [2.75, 3.05) is 13.1 Å². The minimum Gasteiger partial charge on any atom is -0.360 e. The molecule has 0 unspecified atom stereocenters. The van der Waals surface area contributed by atoms with Gasteiger partial charge >= 0.3 is 0 Å². The molecule has 0 saturated carbocycles. The Bertz CT molecular complexity index is 1010. The van der Waals surface area contributed by atoms with Crippen LogP contribution >= 0.6 is 23.2 Å². The van der Waals surface area contributed by atoms with Gasteiger partial charge in [0.05, 0.1) is 10.0 Å². The Morgan fingerprint density at radius 2 is 1.77 bits per heavy atom. The van der Waals surface area contributed by atoms with E-state index in [-0.39, 0.29) is 11.9 Å². The number of likely N-dealkylation sites (tertiary alicyclic amines) is 1. The van der Waals surface area contributed by atoms with Crippen LogP contribution in [0.25, 0.3) is 11.3 Å². The summed E-state index contributed by atoms with van der Waals surface area (Å²) in [5, 5.41) is 8.07. The van der Waals surface area contributed by atoms with Crippen molar-refractivity contribution in [1.29, 1.82) is 0 Å². The molecule has 2 aromatic carbocycles. The molecule has 5 nitrogen and oxygen atoms in total. The van der Waals surface area contributed by atoms with Crippen LogP contribution in [0.15, 0.2) is 53.1 Å². The molecule has 0 atom stereocenters. The van der Waals surface area contributed by atoms with E-state index in [1.807, 2.05) is 6.07 Å². The molecule has 30 heavy (non-hydrogen) atoms. The van der Waals surface area contributed by atoms with Gasteiger partial charge in [0.25, 0.3) is 5.91 Å². The molecule has 1 aliphatic rings. The number of benzene rings is 2. The maximum Gasteiger partial charge on any atom is 0.257 e. The van der Waals surface area contributed by atoms with Crippen molar-refractivity contribution in [3.05, 3.63) is 75.5 Å². The first-order chi connectivity index (χ1) is 14.5. The first-order valence-corrected chi connectivity index (χ1v) is 10.8. The second kappa shape index (κ2) is 9.21. The number of carbonyl (C=O) groups excluding carboxylic acids is 1. The van der Waals surface area contributed by atoms with Crippen LogP contribution in [-0.4, -0.2) is 35.1 Å². The van der Waals surface area contributed by atoms with Crippen molar-refractivity contribution in [3.63, 3.8) is 0 Å². The highest BCUT2D eigenvalue weighted by atomic mass is 35.5. The summed E-state index contributed by atoms with van der Waals surface area (Å²) in [5.41, 5.74) is 2.58. The monoisotopic (exact) mass is 443 g/mol. The third kappa shape index (κ3) is 4.53. The summed E-state index contributed by atoms with van der Waals surface area (Å²) >= 11 is 12.6. The Morgan fingerprint density at radius 1 is 1.10 bits per heavy atom. The van der Waals surface area contributed by atoms with Gasteiger partial charge in [-0.1, -0.05) is 64.8 Å². The molecule has 1 aromatic heterocycles. The number of amides is 1. The van der Waals surface area contributed by atoms with Gasteiger partial charge in [0.2, 0.25) is 0 Å². The lowest BCUT2D eigenvalue weighted by Crippen LogP contribution is -2.44. The van der Waals surface area contributed by atoms with E-state index in [2.05, 4.69) is 39.6 Å². The number of aromatic nitrogens is 1. The number of aryl methyl sites for hydroxylation is 1. The van der Waals surface area contributed by atoms with E-state index in [9.17, 15) is 4.79 Å². The van der Waals surface area contributed by atoms with Crippen LogP contribution in [0.1, 0.15) is 34.5 Å². The Labute approximate surface area is 186 Å². The minimum absolute atomic E-state index is 0.105. The molecule has 2 heterocycles. The Kier molecular flexibility index (Phi) is 6.42. The normalized spacial score (nSPS) is 15.3. The smallest absolute Gasteiger partial charge is 0.257 e. The summed E-state index contributed by atoms with van der Waals surface area (Å²) in [6, 6.07) is 15.7. The van der Waals surface area contributed by atoms with Crippen molar-refractivity contribution < 1.29 is 9.32 Å². The first kappa shape index (κ1) is 20.9. The number of rotatable bonds is 5. The fourth-order valence-electron chi connectivity index (χ4n) is 3.87. The second-order valence-electron chi connectivity index (χ2n) is 7.57. The number of carbonyl (C=O) groups is 1. The van der Waals surface area contributed by atoms with Crippen LogP contribution in [-0.2, 0) is 6.54 Å². The van der Waals surface area contributed by atoms with Gasteiger partial charge in [0.1, 0.15) is 17.0 Å². The molecule has 3 aromatic rings. The molecule has 0 bridgehead atoms. The summed E-state index contributed by atoms with van der Waals surface area (Å²) in [5.74, 6) is 0.237. The highest BCUT2D eigenvalue weighted by Crippen LogP contribution is 2.36. The third-order valence-corrected chi connectivity index (χ3v) is 6.09. The maximum absolute atomic E-state index is 13.1. The molecule has 7 heteroatoms. The largest absolute Gasteiger partial charge is 0.360 e. The van der Waals surface area contributed by atoms with Gasteiger partial charge in [-0.2, -0.15) is 0 Å². The van der Waals surface area contributed by atoms with Gasteiger partial charge < -0.3 is 9.84 Å². The second-order valence-corrected chi connectivity index (χ2v) is 8.38. The van der Waals surface area contributed by atoms with Crippen molar-refractivity contribution >= 4 is 29.1 Å². The van der Waals surface area contributed by atoms with Crippen LogP contribution in [0.2, 0.25) is 10.0 Å². The number of nitrogens with one attached hydrogen (secondary N) is 1. The molecule has 0 radical (unpaired) electrons. The van der Waals surface area contributed by atoms with E-state index in [0.717, 1.165) is 32.5 Å². The van der Waals surface area contributed by atoms with E-state index < -0.39 is 0 Å². The number of hydrogen-bond donors (Lipinski definition) is 1. The number of halogens is 2. The van der Waals surface area contributed by atoms with Gasteiger partial charge in [-0.3, -0.25) is 9.69 Å². The molecule has 1 fully saturated rings. The van der Waals surface area contributed by atoms with Gasteiger partial charge in [-0.25, -0.2) is 0 Å². The zero-order valence-electron chi connectivity index (χ0n) is 16.7. The predicted octanol–water partition coefficient (Wildman–Crippen LogP) is 5.35. The van der Waals surface area contributed by atoms with Crippen LogP contribution in [0.3, 0.4) is 0 Å². The molecule has 156 valence electrons.